The van der Waals surface area contributed by atoms with Crippen LogP contribution in [-0.2, 0) is 0 Å². The van der Waals surface area contributed by atoms with Gasteiger partial charge in [0.25, 0.3) is 0 Å². The van der Waals surface area contributed by atoms with E-state index < -0.39 is 6.09 Å². The summed E-state index contributed by atoms with van der Waals surface area (Å²) < 4.78 is 0. The summed E-state index contributed by atoms with van der Waals surface area (Å²) in [5.41, 5.74) is 1.03. The van der Waals surface area contributed by atoms with Gasteiger partial charge in [0.05, 0.1) is 17.9 Å². The van der Waals surface area contributed by atoms with E-state index in [-0.39, 0.29) is 6.04 Å². The Bertz CT molecular complexity index is 465. The minimum Gasteiger partial charge on any atom is -0.465 e. The van der Waals surface area contributed by atoms with Crippen LogP contribution in [-0.4, -0.2) is 46.8 Å². The van der Waals surface area contributed by atoms with Gasteiger partial charge in [-0.15, -0.1) is 0 Å². The van der Waals surface area contributed by atoms with Gasteiger partial charge in [-0.25, -0.2) is 9.78 Å². The highest BCUT2D eigenvalue weighted by molar-refractivity contribution is 6.29. The Kier molecular flexibility index (Phi) is 2.78. The molecule has 0 aromatic carbocycles. The molecule has 2 aliphatic heterocycles. The molecule has 2 saturated heterocycles. The highest BCUT2D eigenvalue weighted by Gasteiger charge is 2.42. The first kappa shape index (κ1) is 11.6. The van der Waals surface area contributed by atoms with Gasteiger partial charge in [0.15, 0.2) is 0 Å². The van der Waals surface area contributed by atoms with Gasteiger partial charge >= 0.3 is 6.09 Å². The Morgan fingerprint density at radius 3 is 2.94 bits per heavy atom. The quantitative estimate of drug-likeness (QED) is 0.790. The van der Waals surface area contributed by atoms with Crippen molar-refractivity contribution in [2.24, 2.45) is 5.92 Å². The van der Waals surface area contributed by atoms with Crippen LogP contribution < -0.4 is 4.90 Å². The van der Waals surface area contributed by atoms with Gasteiger partial charge in [-0.05, 0) is 18.6 Å². The van der Waals surface area contributed by atoms with Crippen LogP contribution >= 0.6 is 11.6 Å². The lowest BCUT2D eigenvalue weighted by Crippen LogP contribution is -2.36. The largest absolute Gasteiger partial charge is 0.465 e. The molecule has 1 aromatic heterocycles. The Balaban J connectivity index is 1.79. The molecule has 2 atom stereocenters. The van der Waals surface area contributed by atoms with Gasteiger partial charge in [-0.2, -0.15) is 0 Å². The maximum Gasteiger partial charge on any atom is 0.407 e. The second-order valence-electron chi connectivity index (χ2n) is 4.84. The van der Waals surface area contributed by atoms with Gasteiger partial charge < -0.3 is 14.9 Å². The molecule has 96 valence electrons. The van der Waals surface area contributed by atoms with Crippen LogP contribution in [0, 0.1) is 5.92 Å². The van der Waals surface area contributed by atoms with E-state index in [1.165, 1.54) is 4.90 Å². The van der Waals surface area contributed by atoms with Gasteiger partial charge in [0.1, 0.15) is 5.15 Å². The Morgan fingerprint density at radius 1 is 1.44 bits per heavy atom. The van der Waals surface area contributed by atoms with Gasteiger partial charge in [-0.3, -0.25) is 0 Å². The van der Waals surface area contributed by atoms with Crippen molar-refractivity contribution >= 4 is 23.4 Å². The van der Waals surface area contributed by atoms with E-state index in [1.807, 2.05) is 6.07 Å². The fraction of sp³-hybridized carbons (Fsp3) is 0.500. The summed E-state index contributed by atoms with van der Waals surface area (Å²) in [5, 5.41) is 9.52. The molecule has 1 amide bonds. The van der Waals surface area contributed by atoms with Crippen LogP contribution in [0.15, 0.2) is 18.3 Å². The first-order valence-electron chi connectivity index (χ1n) is 6.01. The summed E-state index contributed by atoms with van der Waals surface area (Å²) in [6, 6.07) is 4.00. The standard InChI is InChI=1S/C12H14ClN3O2/c13-11-2-1-9(5-14-11)16-4-3-8-6-15(12(17)18)7-10(8)16/h1-2,5,8,10H,3-4,6-7H2,(H,17,18)/t8?,10-/m0/s1. The Hall–Kier alpha value is -1.49. The molecule has 6 heteroatoms. The summed E-state index contributed by atoms with van der Waals surface area (Å²) in [7, 11) is 0. The molecule has 3 heterocycles. The minimum absolute atomic E-state index is 0.282. The molecule has 1 aromatic rings. The number of hydrogen-bond acceptors (Lipinski definition) is 3. The Morgan fingerprint density at radius 2 is 2.28 bits per heavy atom. The fourth-order valence-corrected chi connectivity index (χ4v) is 3.09. The predicted molar refractivity (Wildman–Crippen MR) is 68.1 cm³/mol. The van der Waals surface area contributed by atoms with Crippen LogP contribution in [0.4, 0.5) is 10.5 Å². The number of aromatic nitrogens is 1. The van der Waals surface area contributed by atoms with E-state index in [9.17, 15) is 4.79 Å². The minimum atomic E-state index is -0.821. The smallest absolute Gasteiger partial charge is 0.407 e. The molecule has 5 nitrogen and oxygen atoms in total. The van der Waals surface area contributed by atoms with E-state index >= 15 is 0 Å². The van der Waals surface area contributed by atoms with Crippen molar-refractivity contribution in [3.8, 4) is 0 Å². The van der Waals surface area contributed by atoms with Crippen molar-refractivity contribution in [1.29, 1.82) is 0 Å². The number of hydrogen-bond donors (Lipinski definition) is 1. The molecule has 0 aliphatic carbocycles. The Labute approximate surface area is 110 Å². The molecular weight excluding hydrogens is 254 g/mol. The van der Waals surface area contributed by atoms with Crippen molar-refractivity contribution in [1.82, 2.24) is 9.88 Å². The van der Waals surface area contributed by atoms with Crippen molar-refractivity contribution in [3.05, 3.63) is 23.5 Å². The zero-order valence-corrected chi connectivity index (χ0v) is 10.5. The van der Waals surface area contributed by atoms with Crippen molar-refractivity contribution in [2.75, 3.05) is 24.5 Å². The van der Waals surface area contributed by atoms with Gasteiger partial charge in [0.2, 0.25) is 0 Å². The maximum absolute atomic E-state index is 11.0. The summed E-state index contributed by atoms with van der Waals surface area (Å²) in [4.78, 5) is 18.8. The molecular formula is C12H14ClN3O2. The molecule has 2 fully saturated rings. The first-order chi connectivity index (χ1) is 8.65. The van der Waals surface area contributed by atoms with E-state index in [2.05, 4.69) is 9.88 Å². The average molecular weight is 268 g/mol. The van der Waals surface area contributed by atoms with E-state index in [1.54, 1.807) is 12.3 Å². The van der Waals surface area contributed by atoms with E-state index in [0.717, 1.165) is 18.7 Å². The third-order valence-electron chi connectivity index (χ3n) is 3.86. The van der Waals surface area contributed by atoms with Crippen LogP contribution in [0.1, 0.15) is 6.42 Å². The number of likely N-dealkylation sites (tertiary alicyclic amines) is 1. The van der Waals surface area contributed by atoms with E-state index in [4.69, 9.17) is 16.7 Å². The molecule has 1 unspecified atom stereocenters. The number of anilines is 1. The number of carbonyl (C=O) groups is 1. The lowest BCUT2D eigenvalue weighted by Gasteiger charge is -2.26. The second-order valence-corrected chi connectivity index (χ2v) is 5.22. The highest BCUT2D eigenvalue weighted by Crippen LogP contribution is 2.34. The zero-order valence-electron chi connectivity index (χ0n) is 9.79. The lowest BCUT2D eigenvalue weighted by atomic mass is 10.1. The number of amides is 1. The van der Waals surface area contributed by atoms with Crippen molar-refractivity contribution in [2.45, 2.75) is 12.5 Å². The summed E-state index contributed by atoms with van der Waals surface area (Å²) >= 11 is 5.78. The third-order valence-corrected chi connectivity index (χ3v) is 4.09. The topological polar surface area (TPSA) is 56.7 Å². The summed E-state index contributed by atoms with van der Waals surface area (Å²) in [6.07, 6.45) is 1.98. The molecule has 3 rings (SSSR count). The van der Waals surface area contributed by atoms with Crippen molar-refractivity contribution in [3.63, 3.8) is 0 Å². The highest BCUT2D eigenvalue weighted by atomic mass is 35.5. The SMILES string of the molecule is O=C(O)N1CC2CCN(c3ccc(Cl)nc3)[C@H]2C1. The molecule has 1 N–H and O–H groups in total. The van der Waals surface area contributed by atoms with Gasteiger partial charge in [-0.1, -0.05) is 11.6 Å². The number of halogens is 1. The maximum atomic E-state index is 11.0. The zero-order chi connectivity index (χ0) is 12.7. The molecule has 18 heavy (non-hydrogen) atoms. The van der Waals surface area contributed by atoms with Crippen LogP contribution in [0.5, 0.6) is 0 Å². The third kappa shape index (κ3) is 1.88. The van der Waals surface area contributed by atoms with Gasteiger partial charge in [0, 0.05) is 25.6 Å². The lowest BCUT2D eigenvalue weighted by molar-refractivity contribution is 0.153. The monoisotopic (exact) mass is 267 g/mol. The van der Waals surface area contributed by atoms with E-state index in [0.29, 0.717) is 24.2 Å². The van der Waals surface area contributed by atoms with Crippen LogP contribution in [0.25, 0.3) is 0 Å². The number of fused-ring (bicyclic) bond motifs is 1. The van der Waals surface area contributed by atoms with Crippen LogP contribution in [0.2, 0.25) is 5.15 Å². The molecule has 0 spiro atoms. The number of nitrogens with zero attached hydrogens (tertiary/aromatic N) is 3. The fourth-order valence-electron chi connectivity index (χ4n) is 2.98. The molecule has 2 aliphatic rings. The number of rotatable bonds is 1. The van der Waals surface area contributed by atoms with Crippen molar-refractivity contribution < 1.29 is 9.90 Å². The normalized spacial score (nSPS) is 26.5. The molecule has 0 saturated carbocycles. The molecule has 0 bridgehead atoms. The summed E-state index contributed by atoms with van der Waals surface area (Å²) in [5.74, 6) is 0.441. The second kappa shape index (κ2) is 4.31. The van der Waals surface area contributed by atoms with Crippen LogP contribution in [0.3, 0.4) is 0 Å². The first-order valence-corrected chi connectivity index (χ1v) is 6.39. The predicted octanol–water partition coefficient (Wildman–Crippen LogP) is 1.92. The number of pyridine rings is 1. The average Bonchev–Trinajstić information content (AvgIpc) is 2.89. The number of carboxylic acid groups (broad SMARTS) is 1. The molecule has 0 radical (unpaired) electrons. The summed E-state index contributed by atoms with van der Waals surface area (Å²) in [6.45, 7) is 2.20.